The van der Waals surface area contributed by atoms with Gasteiger partial charge in [0.2, 0.25) is 0 Å². The first kappa shape index (κ1) is 11.6. The van der Waals surface area contributed by atoms with Crippen LogP contribution in [0.3, 0.4) is 0 Å². The summed E-state index contributed by atoms with van der Waals surface area (Å²) in [6.45, 7) is 1.38. The zero-order valence-electron chi connectivity index (χ0n) is 8.55. The van der Waals surface area contributed by atoms with E-state index >= 15 is 0 Å². The van der Waals surface area contributed by atoms with Gasteiger partial charge < -0.3 is 4.42 Å². The molecule has 90 valence electrons. The fourth-order valence-electron chi connectivity index (χ4n) is 1.24. The van der Waals surface area contributed by atoms with Crippen LogP contribution in [0.4, 0.5) is 17.6 Å². The molecule has 2 rings (SSSR count). The van der Waals surface area contributed by atoms with Crippen LogP contribution in [-0.2, 0) is 0 Å². The van der Waals surface area contributed by atoms with Crippen LogP contribution in [0.5, 0.6) is 0 Å². The first-order chi connectivity index (χ1) is 7.99. The monoisotopic (exact) mass is 246 g/mol. The van der Waals surface area contributed by atoms with Crippen molar-refractivity contribution < 1.29 is 22.0 Å². The van der Waals surface area contributed by atoms with E-state index in [4.69, 9.17) is 0 Å². The van der Waals surface area contributed by atoms with Crippen LogP contribution < -0.4 is 0 Å². The van der Waals surface area contributed by atoms with Crippen LogP contribution in [0.25, 0.3) is 11.5 Å². The number of rotatable bonds is 2. The Kier molecular flexibility index (Phi) is 2.83. The summed E-state index contributed by atoms with van der Waals surface area (Å²) in [6, 6.07) is 1.75. The fraction of sp³-hybridized carbons (Fsp3) is 0.200. The molecule has 1 aromatic heterocycles. The third-order valence-corrected chi connectivity index (χ3v) is 2.11. The van der Waals surface area contributed by atoms with Crippen LogP contribution in [0, 0.1) is 18.6 Å². The highest BCUT2D eigenvalue weighted by molar-refractivity contribution is 5.54. The van der Waals surface area contributed by atoms with Crippen molar-refractivity contribution >= 4 is 0 Å². The third kappa shape index (κ3) is 2.13. The molecule has 0 unspecified atom stereocenters. The lowest BCUT2D eigenvalue weighted by Crippen LogP contribution is -1.90. The van der Waals surface area contributed by atoms with Crippen molar-refractivity contribution in [3.63, 3.8) is 0 Å². The number of aromatic nitrogens is 2. The van der Waals surface area contributed by atoms with Crippen LogP contribution in [0.15, 0.2) is 16.5 Å². The summed E-state index contributed by atoms with van der Waals surface area (Å²) in [7, 11) is 0. The van der Waals surface area contributed by atoms with Crippen LogP contribution in [0.1, 0.15) is 17.9 Å². The molecule has 0 aliphatic carbocycles. The maximum atomic E-state index is 13.4. The molecule has 0 saturated carbocycles. The maximum absolute atomic E-state index is 13.4. The maximum Gasteiger partial charge on any atom is 0.314 e. The van der Waals surface area contributed by atoms with E-state index in [1.807, 2.05) is 0 Å². The Morgan fingerprint density at radius 2 is 1.82 bits per heavy atom. The van der Waals surface area contributed by atoms with Gasteiger partial charge in [-0.15, -0.1) is 10.2 Å². The van der Waals surface area contributed by atoms with Gasteiger partial charge in [0.25, 0.3) is 11.8 Å². The van der Waals surface area contributed by atoms with Crippen molar-refractivity contribution in [3.05, 3.63) is 35.2 Å². The summed E-state index contributed by atoms with van der Waals surface area (Å²) in [6.07, 6.45) is -2.95. The molecule has 0 spiro atoms. The third-order valence-electron chi connectivity index (χ3n) is 2.11. The summed E-state index contributed by atoms with van der Waals surface area (Å²) in [4.78, 5) is 0. The number of aryl methyl sites for hydroxylation is 1. The lowest BCUT2D eigenvalue weighted by atomic mass is 10.1. The number of nitrogens with zero attached hydrogens (tertiary/aromatic N) is 2. The highest BCUT2D eigenvalue weighted by Crippen LogP contribution is 2.26. The van der Waals surface area contributed by atoms with Gasteiger partial charge in [0.15, 0.2) is 0 Å². The summed E-state index contributed by atoms with van der Waals surface area (Å²) >= 11 is 0. The highest BCUT2D eigenvalue weighted by Gasteiger charge is 2.19. The number of hydrogen-bond acceptors (Lipinski definition) is 3. The molecule has 0 N–H and O–H groups in total. The van der Waals surface area contributed by atoms with Gasteiger partial charge in [-0.25, -0.2) is 8.78 Å². The van der Waals surface area contributed by atoms with Crippen LogP contribution >= 0.6 is 0 Å². The Bertz CT molecular complexity index is 553. The molecule has 0 aliphatic rings. The molecule has 0 aliphatic heterocycles. The van der Waals surface area contributed by atoms with Crippen molar-refractivity contribution in [1.82, 2.24) is 10.2 Å². The summed E-state index contributed by atoms with van der Waals surface area (Å²) in [5, 5.41) is 6.27. The second kappa shape index (κ2) is 4.15. The molecule has 3 nitrogen and oxygen atoms in total. The topological polar surface area (TPSA) is 38.9 Å². The van der Waals surface area contributed by atoms with Gasteiger partial charge in [0.05, 0.1) is 5.56 Å². The molecular weight excluding hydrogens is 240 g/mol. The Labute approximate surface area is 93.1 Å². The predicted molar refractivity (Wildman–Crippen MR) is 49.3 cm³/mol. The van der Waals surface area contributed by atoms with Gasteiger partial charge in [-0.05, 0) is 24.6 Å². The molecule has 0 amide bonds. The molecule has 1 aromatic carbocycles. The van der Waals surface area contributed by atoms with Crippen LogP contribution in [0.2, 0.25) is 0 Å². The van der Waals surface area contributed by atoms with Gasteiger partial charge in [-0.2, -0.15) is 8.78 Å². The summed E-state index contributed by atoms with van der Waals surface area (Å²) in [5.41, 5.74) is -0.243. The van der Waals surface area contributed by atoms with Crippen molar-refractivity contribution in [3.8, 4) is 11.5 Å². The second-order valence-corrected chi connectivity index (χ2v) is 3.33. The summed E-state index contributed by atoms with van der Waals surface area (Å²) < 4.78 is 55.5. The van der Waals surface area contributed by atoms with Crippen molar-refractivity contribution in [2.45, 2.75) is 13.3 Å². The normalized spacial score (nSPS) is 11.2. The van der Waals surface area contributed by atoms with Gasteiger partial charge in [-0.1, -0.05) is 0 Å². The molecular formula is C10H6F4N2O. The number of hydrogen-bond donors (Lipinski definition) is 0. The zero-order valence-corrected chi connectivity index (χ0v) is 8.55. The smallest absolute Gasteiger partial charge is 0.314 e. The van der Waals surface area contributed by atoms with E-state index in [1.165, 1.54) is 6.92 Å². The first-order valence-corrected chi connectivity index (χ1v) is 4.56. The molecule has 2 aromatic rings. The summed E-state index contributed by atoms with van der Waals surface area (Å²) in [5.74, 6) is -2.90. The van der Waals surface area contributed by atoms with Crippen LogP contribution in [-0.4, -0.2) is 10.2 Å². The molecule has 7 heteroatoms. The molecule has 0 fully saturated rings. The van der Waals surface area contributed by atoms with Crippen molar-refractivity contribution in [2.24, 2.45) is 0 Å². The van der Waals surface area contributed by atoms with E-state index in [2.05, 4.69) is 14.6 Å². The van der Waals surface area contributed by atoms with E-state index < -0.39 is 29.8 Å². The Morgan fingerprint density at radius 1 is 1.12 bits per heavy atom. The van der Waals surface area contributed by atoms with E-state index in [9.17, 15) is 17.6 Å². The predicted octanol–water partition coefficient (Wildman–Crippen LogP) is 3.26. The minimum Gasteiger partial charge on any atom is -0.415 e. The average Bonchev–Trinajstić information content (AvgIpc) is 2.72. The average molecular weight is 246 g/mol. The standard InChI is InChI=1S/C10H6F4N2O/c1-4-2-7(12)5(3-6(4)11)9-15-16-10(17-9)8(13)14/h2-3,8H,1H3. The van der Waals surface area contributed by atoms with Gasteiger partial charge in [-0.3, -0.25) is 0 Å². The van der Waals surface area contributed by atoms with E-state index in [0.717, 1.165) is 12.1 Å². The molecule has 17 heavy (non-hydrogen) atoms. The minimum absolute atomic E-state index is 0.0971. The minimum atomic E-state index is -2.95. The van der Waals surface area contributed by atoms with E-state index in [-0.39, 0.29) is 11.1 Å². The van der Waals surface area contributed by atoms with Crippen molar-refractivity contribution in [1.29, 1.82) is 0 Å². The highest BCUT2D eigenvalue weighted by atomic mass is 19.3. The lowest BCUT2D eigenvalue weighted by molar-refractivity contribution is 0.116. The fourth-order valence-corrected chi connectivity index (χ4v) is 1.24. The van der Waals surface area contributed by atoms with Gasteiger partial charge in [0.1, 0.15) is 11.6 Å². The number of benzene rings is 1. The largest absolute Gasteiger partial charge is 0.415 e. The molecule has 0 atom stereocenters. The molecule has 0 radical (unpaired) electrons. The molecule has 0 bridgehead atoms. The quantitative estimate of drug-likeness (QED) is 0.763. The second-order valence-electron chi connectivity index (χ2n) is 3.33. The number of halogens is 4. The van der Waals surface area contributed by atoms with Crippen molar-refractivity contribution in [2.75, 3.05) is 0 Å². The Balaban J connectivity index is 2.49. The van der Waals surface area contributed by atoms with E-state index in [0.29, 0.717) is 0 Å². The first-order valence-electron chi connectivity index (χ1n) is 4.56. The Morgan fingerprint density at radius 3 is 2.41 bits per heavy atom. The van der Waals surface area contributed by atoms with E-state index in [1.54, 1.807) is 0 Å². The number of alkyl halides is 2. The van der Waals surface area contributed by atoms with Gasteiger partial charge in [0, 0.05) is 0 Å². The molecule has 1 heterocycles. The zero-order chi connectivity index (χ0) is 12.6. The Hall–Kier alpha value is -1.92. The van der Waals surface area contributed by atoms with Gasteiger partial charge >= 0.3 is 6.43 Å². The molecule has 0 saturated heterocycles. The lowest BCUT2D eigenvalue weighted by Gasteiger charge is -2.00. The SMILES string of the molecule is Cc1cc(F)c(-c2nnc(C(F)F)o2)cc1F.